The predicted octanol–water partition coefficient (Wildman–Crippen LogP) is 0.172. The first kappa shape index (κ1) is 45.2. The molecule has 0 bridgehead atoms. The number of hydrogen-bond acceptors (Lipinski definition) is 17. The molecule has 9 aliphatic rings. The quantitative estimate of drug-likeness (QED) is 0.155. The van der Waals surface area contributed by atoms with Crippen LogP contribution in [0.3, 0.4) is 0 Å². The zero-order valence-corrected chi connectivity index (χ0v) is 35.9. The van der Waals surface area contributed by atoms with E-state index >= 15 is 0 Å². The lowest BCUT2D eigenvalue weighted by Gasteiger charge is -2.58. The van der Waals surface area contributed by atoms with Crippen molar-refractivity contribution in [1.82, 2.24) is 0 Å². The molecule has 5 aliphatic heterocycles. The zero-order valence-electron chi connectivity index (χ0n) is 35.9. The van der Waals surface area contributed by atoms with Gasteiger partial charge in [0.15, 0.2) is 30.9 Å². The highest BCUT2D eigenvalue weighted by Gasteiger charge is 2.69. The molecule has 8 fully saturated rings. The summed E-state index contributed by atoms with van der Waals surface area (Å²) in [6.45, 7) is 11.1. The molecule has 17 heteroatoms. The van der Waals surface area contributed by atoms with Crippen LogP contribution in [0.4, 0.5) is 0 Å². The van der Waals surface area contributed by atoms with Gasteiger partial charge in [-0.15, -0.1) is 0 Å². The molecule has 4 aliphatic carbocycles. The van der Waals surface area contributed by atoms with Gasteiger partial charge in [0.1, 0.15) is 61.0 Å². The molecule has 17 nitrogen and oxygen atoms in total. The van der Waals surface area contributed by atoms with Crippen molar-refractivity contribution in [3.05, 3.63) is 11.6 Å². The molecular weight excluding hydrogens is 800 g/mol. The van der Waals surface area contributed by atoms with Crippen molar-refractivity contribution in [1.29, 1.82) is 0 Å². The van der Waals surface area contributed by atoms with Crippen LogP contribution in [0, 0.1) is 46.3 Å². The lowest BCUT2D eigenvalue weighted by molar-refractivity contribution is -0.397. The molecule has 0 aromatic rings. The number of allylic oxidation sites excluding steroid dienone is 1. The van der Waals surface area contributed by atoms with Crippen molar-refractivity contribution >= 4 is 0 Å². The van der Waals surface area contributed by atoms with E-state index in [0.717, 1.165) is 51.6 Å². The average Bonchev–Trinajstić information content (AvgIpc) is 3.69. The minimum absolute atomic E-state index is 0.0375. The van der Waals surface area contributed by atoms with Gasteiger partial charge in [0.05, 0.1) is 31.5 Å². The first-order valence-corrected chi connectivity index (χ1v) is 22.9. The summed E-state index contributed by atoms with van der Waals surface area (Å²) in [4.78, 5) is 0. The fourth-order valence-electron chi connectivity index (χ4n) is 13.8. The Hall–Kier alpha value is -0.940. The maximum atomic E-state index is 11.9. The van der Waals surface area contributed by atoms with E-state index in [1.54, 1.807) is 0 Å². The molecular formula is C44H70O17. The van der Waals surface area contributed by atoms with Crippen LogP contribution in [0.5, 0.6) is 0 Å². The van der Waals surface area contributed by atoms with E-state index in [1.807, 2.05) is 0 Å². The Bertz CT molecular complexity index is 1590. The van der Waals surface area contributed by atoms with Crippen LogP contribution in [-0.4, -0.2) is 169 Å². The fraction of sp³-hybridized carbons (Fsp3) is 0.955. The normalized spacial score (nSPS) is 58.4. The number of hydrogen-bond donors (Lipinski definition) is 9. The molecule has 5 saturated heterocycles. The Morgan fingerprint density at radius 1 is 0.705 bits per heavy atom. The third kappa shape index (κ3) is 7.41. The van der Waals surface area contributed by atoms with Gasteiger partial charge in [0, 0.05) is 12.3 Å². The standard InChI is InChI=1S/C44H70O17/c1-18-8-13-44(54-17-18)19(2)28-26(61-44)15-25-23-7-6-21-14-22(9-11-42(21,4)24(23)10-12-43(25,28)5)56-41-37(59-39-33(50)30(47)29(46)20(3)55-39)35(52)36(27(16-45)57-41)58-40-34(51)31(48)32(49)38(53)60-40/h6,18-20,22-41,45-53H,7-17H2,1-5H3/t18-,19+,20?,22?,23-,24+,25+,26?,27?,28?,29+,30?,31?,32-,33?,34?,35?,36-,37?,38?,39+,40-,41-,42+,43+,44-/m1/s1. The molecule has 0 amide bonds. The van der Waals surface area contributed by atoms with Crippen LogP contribution in [0.25, 0.3) is 0 Å². The monoisotopic (exact) mass is 870 g/mol. The topological polar surface area (TPSA) is 256 Å². The summed E-state index contributed by atoms with van der Waals surface area (Å²) in [5.41, 5.74) is 1.48. The molecule has 26 atom stereocenters. The molecule has 3 saturated carbocycles. The highest BCUT2D eigenvalue weighted by molar-refractivity contribution is 5.26. The van der Waals surface area contributed by atoms with E-state index in [9.17, 15) is 46.0 Å². The van der Waals surface area contributed by atoms with Crippen LogP contribution < -0.4 is 0 Å². The van der Waals surface area contributed by atoms with Gasteiger partial charge < -0.3 is 83.9 Å². The summed E-state index contributed by atoms with van der Waals surface area (Å²) < 4.78 is 49.3. The van der Waals surface area contributed by atoms with Crippen LogP contribution in [0.2, 0.25) is 0 Å². The van der Waals surface area contributed by atoms with Crippen molar-refractivity contribution in [2.24, 2.45) is 46.3 Å². The van der Waals surface area contributed by atoms with Gasteiger partial charge in [-0.25, -0.2) is 0 Å². The zero-order chi connectivity index (χ0) is 43.5. The van der Waals surface area contributed by atoms with Gasteiger partial charge in [-0.2, -0.15) is 0 Å². The highest BCUT2D eigenvalue weighted by Crippen LogP contribution is 2.70. The lowest BCUT2D eigenvalue weighted by Crippen LogP contribution is -2.66. The smallest absolute Gasteiger partial charge is 0.189 e. The maximum absolute atomic E-state index is 11.9. The van der Waals surface area contributed by atoms with Crippen molar-refractivity contribution in [3.8, 4) is 0 Å². The van der Waals surface area contributed by atoms with Gasteiger partial charge in [-0.1, -0.05) is 39.3 Å². The second kappa shape index (κ2) is 16.7. The summed E-state index contributed by atoms with van der Waals surface area (Å²) in [7, 11) is 0. The summed E-state index contributed by atoms with van der Waals surface area (Å²) in [6, 6.07) is 0. The van der Waals surface area contributed by atoms with Crippen LogP contribution in [-0.2, 0) is 37.9 Å². The van der Waals surface area contributed by atoms with E-state index in [0.29, 0.717) is 48.3 Å². The third-order valence-corrected chi connectivity index (χ3v) is 17.4. The molecule has 348 valence electrons. The fourth-order valence-corrected chi connectivity index (χ4v) is 13.8. The summed E-state index contributed by atoms with van der Waals surface area (Å²) in [5, 5.41) is 95.3. The van der Waals surface area contributed by atoms with Gasteiger partial charge >= 0.3 is 0 Å². The number of aliphatic hydroxyl groups excluding tert-OH is 9. The van der Waals surface area contributed by atoms with Crippen molar-refractivity contribution in [2.45, 2.75) is 203 Å². The first-order valence-electron chi connectivity index (χ1n) is 22.9. The Morgan fingerprint density at radius 2 is 1.41 bits per heavy atom. The number of aliphatic hydroxyl groups is 9. The molecule has 0 aromatic carbocycles. The van der Waals surface area contributed by atoms with E-state index in [4.69, 9.17) is 37.9 Å². The van der Waals surface area contributed by atoms with E-state index < -0.39 is 111 Å². The molecule has 61 heavy (non-hydrogen) atoms. The number of fused-ring (bicyclic) bond motifs is 7. The van der Waals surface area contributed by atoms with Gasteiger partial charge in [-0.3, -0.25) is 0 Å². The molecule has 9 N–H and O–H groups in total. The molecule has 12 unspecified atom stereocenters. The van der Waals surface area contributed by atoms with Gasteiger partial charge in [0.2, 0.25) is 0 Å². The summed E-state index contributed by atoms with van der Waals surface area (Å²) in [5.74, 6) is 2.56. The minimum Gasteiger partial charge on any atom is -0.394 e. The predicted molar refractivity (Wildman–Crippen MR) is 209 cm³/mol. The maximum Gasteiger partial charge on any atom is 0.189 e. The Morgan fingerprint density at radius 3 is 2.11 bits per heavy atom. The van der Waals surface area contributed by atoms with Crippen LogP contribution in [0.15, 0.2) is 11.6 Å². The summed E-state index contributed by atoms with van der Waals surface area (Å²) in [6.07, 6.45) is -13.2. The van der Waals surface area contributed by atoms with Crippen molar-refractivity contribution < 1.29 is 83.9 Å². The molecule has 1 spiro atoms. The Labute approximate surface area is 357 Å². The first-order chi connectivity index (χ1) is 28.9. The third-order valence-electron chi connectivity index (χ3n) is 17.4. The van der Waals surface area contributed by atoms with E-state index in [-0.39, 0.29) is 16.9 Å². The molecule has 5 heterocycles. The van der Waals surface area contributed by atoms with Gasteiger partial charge in [-0.05, 0) is 98.7 Å². The Kier molecular flexibility index (Phi) is 12.4. The SMILES string of the molecule is CC1O[C@@H](OC2C(O)[C@H](O[C@@H]3OC(O)[C@H](O)C(O)C3O)C(CO)O[C@H]2OC2CC[C@@]3(C)C(=CC[C@@H]4[C@@H]3CC[C@]3(C)C5C(C[C@@H]43)O[C@]3(CC[C@@H](C)CO3)[C@H]5C)C2)C(O)C(O)[C@H]1O. The summed E-state index contributed by atoms with van der Waals surface area (Å²) >= 11 is 0. The van der Waals surface area contributed by atoms with Crippen molar-refractivity contribution in [3.63, 3.8) is 0 Å². The Balaban J connectivity index is 0.916. The van der Waals surface area contributed by atoms with E-state index in [1.165, 1.54) is 12.5 Å². The lowest BCUT2D eigenvalue weighted by atomic mass is 9.47. The van der Waals surface area contributed by atoms with Crippen molar-refractivity contribution in [2.75, 3.05) is 13.2 Å². The molecule has 0 aromatic heterocycles. The van der Waals surface area contributed by atoms with Gasteiger partial charge in [0.25, 0.3) is 0 Å². The molecule has 9 rings (SSSR count). The molecule has 0 radical (unpaired) electrons. The number of ether oxygens (including phenoxy) is 8. The minimum atomic E-state index is -1.94. The van der Waals surface area contributed by atoms with E-state index in [2.05, 4.69) is 33.8 Å². The second-order valence-corrected chi connectivity index (χ2v) is 20.7. The highest BCUT2D eigenvalue weighted by atomic mass is 16.8. The number of rotatable bonds is 7. The largest absolute Gasteiger partial charge is 0.394 e. The second-order valence-electron chi connectivity index (χ2n) is 20.7. The average molecular weight is 871 g/mol. The van der Waals surface area contributed by atoms with Crippen LogP contribution >= 0.6 is 0 Å². The van der Waals surface area contributed by atoms with Crippen LogP contribution in [0.1, 0.15) is 92.4 Å².